The summed E-state index contributed by atoms with van der Waals surface area (Å²) in [5.41, 5.74) is 1.15. The number of halogens is 2. The van der Waals surface area contributed by atoms with E-state index in [4.69, 9.17) is 16.0 Å². The Balaban J connectivity index is 1.96. The molecule has 1 aromatic heterocycles. The smallest absolute Gasteiger partial charge is 0.120 e. The van der Waals surface area contributed by atoms with Crippen LogP contribution in [0.15, 0.2) is 45.5 Å². The van der Waals surface area contributed by atoms with Gasteiger partial charge < -0.3 is 9.73 Å². The van der Waals surface area contributed by atoms with E-state index in [2.05, 4.69) is 28.2 Å². The summed E-state index contributed by atoms with van der Waals surface area (Å²) in [6.45, 7) is 2.83. The van der Waals surface area contributed by atoms with Gasteiger partial charge in [-0.25, -0.2) is 0 Å². The molecule has 0 saturated heterocycles. The Morgan fingerprint density at radius 1 is 1.41 bits per heavy atom. The molecule has 17 heavy (non-hydrogen) atoms. The molecule has 4 heteroatoms. The SMILES string of the molecule is CC(NCc1ccc(Br)c(Cl)c1)c1ccco1. The molecular weight excluding hydrogens is 302 g/mol. The average Bonchev–Trinajstić information content (AvgIpc) is 2.84. The summed E-state index contributed by atoms with van der Waals surface area (Å²) in [6, 6.07) is 9.99. The molecule has 1 atom stereocenters. The predicted octanol–water partition coefficient (Wildman–Crippen LogP) is 4.55. The number of rotatable bonds is 4. The summed E-state index contributed by atoms with van der Waals surface area (Å²) in [4.78, 5) is 0. The summed E-state index contributed by atoms with van der Waals surface area (Å²) in [7, 11) is 0. The van der Waals surface area contributed by atoms with Crippen molar-refractivity contribution < 1.29 is 4.42 Å². The Morgan fingerprint density at radius 2 is 2.24 bits per heavy atom. The third-order valence-corrected chi connectivity index (χ3v) is 3.80. The van der Waals surface area contributed by atoms with Gasteiger partial charge in [-0.05, 0) is 52.7 Å². The van der Waals surface area contributed by atoms with Crippen LogP contribution in [0.5, 0.6) is 0 Å². The van der Waals surface area contributed by atoms with Gasteiger partial charge in [0, 0.05) is 11.0 Å². The van der Waals surface area contributed by atoms with Crippen LogP contribution in [0.3, 0.4) is 0 Å². The minimum Gasteiger partial charge on any atom is -0.468 e. The number of hydrogen-bond acceptors (Lipinski definition) is 2. The van der Waals surface area contributed by atoms with Gasteiger partial charge in [0.2, 0.25) is 0 Å². The molecule has 2 rings (SSSR count). The molecule has 0 radical (unpaired) electrons. The number of nitrogens with one attached hydrogen (secondary N) is 1. The summed E-state index contributed by atoms with van der Waals surface area (Å²) >= 11 is 9.41. The van der Waals surface area contributed by atoms with Crippen molar-refractivity contribution in [3.63, 3.8) is 0 Å². The predicted molar refractivity (Wildman–Crippen MR) is 73.1 cm³/mol. The van der Waals surface area contributed by atoms with Gasteiger partial charge in [0.1, 0.15) is 5.76 Å². The standard InChI is InChI=1S/C13H13BrClNO/c1-9(13-3-2-6-17-13)16-8-10-4-5-11(14)12(15)7-10/h2-7,9,16H,8H2,1H3. The maximum absolute atomic E-state index is 6.04. The molecule has 1 N–H and O–H groups in total. The lowest BCUT2D eigenvalue weighted by Crippen LogP contribution is -2.17. The van der Waals surface area contributed by atoms with E-state index in [1.165, 1.54) is 0 Å². The Kier molecular flexibility index (Phi) is 4.26. The monoisotopic (exact) mass is 313 g/mol. The highest BCUT2D eigenvalue weighted by Crippen LogP contribution is 2.23. The second-order valence-electron chi connectivity index (χ2n) is 3.87. The lowest BCUT2D eigenvalue weighted by atomic mass is 10.2. The number of hydrogen-bond donors (Lipinski definition) is 1. The van der Waals surface area contributed by atoms with E-state index in [-0.39, 0.29) is 6.04 Å². The zero-order valence-electron chi connectivity index (χ0n) is 9.41. The molecule has 0 bridgehead atoms. The second-order valence-corrected chi connectivity index (χ2v) is 5.13. The third kappa shape index (κ3) is 3.35. The lowest BCUT2D eigenvalue weighted by molar-refractivity contribution is 0.430. The van der Waals surface area contributed by atoms with Crippen molar-refractivity contribution in [3.8, 4) is 0 Å². The van der Waals surface area contributed by atoms with Gasteiger partial charge in [-0.1, -0.05) is 17.7 Å². The highest BCUT2D eigenvalue weighted by Gasteiger charge is 2.07. The van der Waals surface area contributed by atoms with Crippen LogP contribution in [0.25, 0.3) is 0 Å². The van der Waals surface area contributed by atoms with Crippen LogP contribution in [0.1, 0.15) is 24.3 Å². The normalized spacial score (nSPS) is 12.6. The molecule has 90 valence electrons. The van der Waals surface area contributed by atoms with Crippen molar-refractivity contribution in [1.82, 2.24) is 5.32 Å². The molecule has 0 spiro atoms. The quantitative estimate of drug-likeness (QED) is 0.896. The summed E-state index contributed by atoms with van der Waals surface area (Å²) in [5.74, 6) is 0.938. The zero-order chi connectivity index (χ0) is 12.3. The Bertz CT molecular complexity index is 484. The van der Waals surface area contributed by atoms with Gasteiger partial charge in [0.25, 0.3) is 0 Å². The molecule has 1 unspecified atom stereocenters. The van der Waals surface area contributed by atoms with Crippen LogP contribution in [0.2, 0.25) is 5.02 Å². The fourth-order valence-corrected chi connectivity index (χ4v) is 2.01. The highest BCUT2D eigenvalue weighted by molar-refractivity contribution is 9.10. The summed E-state index contributed by atoms with van der Waals surface area (Å²) in [5, 5.41) is 4.11. The van der Waals surface area contributed by atoms with Gasteiger partial charge in [0.05, 0.1) is 17.3 Å². The Labute approximate surface area is 114 Å². The average molecular weight is 315 g/mol. The third-order valence-electron chi connectivity index (χ3n) is 2.57. The van der Waals surface area contributed by atoms with Crippen molar-refractivity contribution in [3.05, 3.63) is 57.4 Å². The molecule has 0 aliphatic heterocycles. The van der Waals surface area contributed by atoms with Crippen molar-refractivity contribution in [1.29, 1.82) is 0 Å². The maximum atomic E-state index is 6.04. The Hall–Kier alpha value is -0.770. The maximum Gasteiger partial charge on any atom is 0.120 e. The van der Waals surface area contributed by atoms with E-state index in [1.807, 2.05) is 30.3 Å². The first-order valence-corrected chi connectivity index (χ1v) is 6.54. The van der Waals surface area contributed by atoms with Crippen LogP contribution in [-0.2, 0) is 6.54 Å². The van der Waals surface area contributed by atoms with Gasteiger partial charge in [0.15, 0.2) is 0 Å². The lowest BCUT2D eigenvalue weighted by Gasteiger charge is -2.11. The van der Waals surface area contributed by atoms with Crippen LogP contribution in [0, 0.1) is 0 Å². The van der Waals surface area contributed by atoms with Crippen LogP contribution < -0.4 is 5.32 Å². The summed E-state index contributed by atoms with van der Waals surface area (Å²) in [6.07, 6.45) is 1.68. The molecule has 0 aliphatic carbocycles. The Morgan fingerprint density at radius 3 is 2.88 bits per heavy atom. The second kappa shape index (κ2) is 5.71. The minimum atomic E-state index is 0.187. The van der Waals surface area contributed by atoms with Crippen molar-refractivity contribution >= 4 is 27.5 Å². The van der Waals surface area contributed by atoms with E-state index in [1.54, 1.807) is 6.26 Å². The molecule has 1 heterocycles. The van der Waals surface area contributed by atoms with Gasteiger partial charge in [-0.15, -0.1) is 0 Å². The van der Waals surface area contributed by atoms with Gasteiger partial charge >= 0.3 is 0 Å². The van der Waals surface area contributed by atoms with Crippen LogP contribution in [0.4, 0.5) is 0 Å². The fourth-order valence-electron chi connectivity index (χ4n) is 1.56. The van der Waals surface area contributed by atoms with E-state index in [0.717, 1.165) is 27.4 Å². The van der Waals surface area contributed by atoms with E-state index in [9.17, 15) is 0 Å². The fraction of sp³-hybridized carbons (Fsp3) is 0.231. The first-order valence-electron chi connectivity index (χ1n) is 5.37. The number of benzene rings is 1. The molecule has 0 fully saturated rings. The molecule has 0 amide bonds. The molecule has 2 aromatic rings. The molecule has 2 nitrogen and oxygen atoms in total. The minimum absolute atomic E-state index is 0.187. The van der Waals surface area contributed by atoms with Crippen LogP contribution >= 0.6 is 27.5 Å². The molecular formula is C13H13BrClNO. The summed E-state index contributed by atoms with van der Waals surface area (Å²) < 4.78 is 6.25. The van der Waals surface area contributed by atoms with Crippen molar-refractivity contribution in [2.45, 2.75) is 19.5 Å². The van der Waals surface area contributed by atoms with Gasteiger partial charge in [-0.3, -0.25) is 0 Å². The molecule has 0 saturated carbocycles. The van der Waals surface area contributed by atoms with E-state index >= 15 is 0 Å². The topological polar surface area (TPSA) is 25.2 Å². The van der Waals surface area contributed by atoms with Gasteiger partial charge in [-0.2, -0.15) is 0 Å². The first-order chi connectivity index (χ1) is 8.16. The van der Waals surface area contributed by atoms with E-state index in [0.29, 0.717) is 0 Å². The highest BCUT2D eigenvalue weighted by atomic mass is 79.9. The zero-order valence-corrected chi connectivity index (χ0v) is 11.8. The van der Waals surface area contributed by atoms with Crippen molar-refractivity contribution in [2.24, 2.45) is 0 Å². The largest absolute Gasteiger partial charge is 0.468 e. The molecule has 0 aliphatic rings. The molecule has 1 aromatic carbocycles. The van der Waals surface area contributed by atoms with E-state index < -0.39 is 0 Å². The first kappa shape index (κ1) is 12.7. The number of furan rings is 1. The van der Waals surface area contributed by atoms with Crippen molar-refractivity contribution in [2.75, 3.05) is 0 Å². The van der Waals surface area contributed by atoms with Crippen LogP contribution in [-0.4, -0.2) is 0 Å².